The molecule has 3 aliphatic carbocycles. The van der Waals surface area contributed by atoms with Gasteiger partial charge in [-0.1, -0.05) is 18.2 Å². The molecule has 0 radical (unpaired) electrons. The summed E-state index contributed by atoms with van der Waals surface area (Å²) in [4.78, 5) is 12.6. The summed E-state index contributed by atoms with van der Waals surface area (Å²) in [6.45, 7) is 0. The van der Waals surface area contributed by atoms with Gasteiger partial charge in [-0.25, -0.2) is 8.78 Å². The number of phenolic OH excluding ortho intramolecular Hbond substituents is 1. The van der Waals surface area contributed by atoms with E-state index in [9.17, 15) is 18.7 Å². The molecule has 1 amide bonds. The van der Waals surface area contributed by atoms with Gasteiger partial charge in [0.1, 0.15) is 17.6 Å². The summed E-state index contributed by atoms with van der Waals surface area (Å²) in [5.74, 6) is -0.897. The van der Waals surface area contributed by atoms with Crippen molar-refractivity contribution in [2.75, 3.05) is 0 Å². The monoisotopic (exact) mass is 349 g/mol. The van der Waals surface area contributed by atoms with E-state index >= 15 is 0 Å². The lowest BCUT2D eigenvalue weighted by Crippen LogP contribution is -2.43. The number of fused-ring (bicyclic) bond motifs is 2. The third-order valence-corrected chi connectivity index (χ3v) is 7.14. The predicted molar refractivity (Wildman–Crippen MR) is 90.6 cm³/mol. The molecule has 3 nitrogen and oxygen atoms in total. The van der Waals surface area contributed by atoms with E-state index in [1.165, 1.54) is 0 Å². The first-order valence-electron chi connectivity index (χ1n) is 9.19. The zero-order valence-electron chi connectivity index (χ0n) is 14.3. The van der Waals surface area contributed by atoms with Crippen LogP contribution in [0.5, 0.6) is 5.75 Å². The summed E-state index contributed by atoms with van der Waals surface area (Å²) in [6.07, 6.45) is 2.54. The van der Waals surface area contributed by atoms with Crippen LogP contribution < -0.4 is 5.73 Å². The van der Waals surface area contributed by atoms with E-state index in [0.29, 0.717) is 31.2 Å². The Labute approximate surface area is 146 Å². The molecule has 5 heteroatoms. The van der Waals surface area contributed by atoms with Gasteiger partial charge >= 0.3 is 0 Å². The van der Waals surface area contributed by atoms with E-state index in [1.54, 1.807) is 24.3 Å². The van der Waals surface area contributed by atoms with Crippen LogP contribution >= 0.6 is 0 Å². The molecule has 1 aromatic carbocycles. The molecule has 2 bridgehead atoms. The minimum atomic E-state index is -1.13. The van der Waals surface area contributed by atoms with E-state index in [1.807, 2.05) is 0 Å². The van der Waals surface area contributed by atoms with Crippen molar-refractivity contribution in [2.24, 2.45) is 16.6 Å². The molecular formula is C20H25F2NO2. The highest BCUT2D eigenvalue weighted by atomic mass is 19.1. The lowest BCUT2D eigenvalue weighted by molar-refractivity contribution is -0.130. The van der Waals surface area contributed by atoms with Crippen LogP contribution in [0.3, 0.4) is 0 Å². The zero-order chi connectivity index (χ0) is 17.9. The first-order chi connectivity index (χ1) is 11.8. The van der Waals surface area contributed by atoms with Crippen molar-refractivity contribution in [3.05, 3.63) is 29.8 Å². The van der Waals surface area contributed by atoms with Crippen LogP contribution in [0.2, 0.25) is 0 Å². The maximum Gasteiger partial charge on any atom is 0.224 e. The summed E-state index contributed by atoms with van der Waals surface area (Å²) < 4.78 is 29.1. The number of halogens is 2. The van der Waals surface area contributed by atoms with Crippen LogP contribution in [-0.4, -0.2) is 22.9 Å². The molecular weight excluding hydrogens is 324 g/mol. The van der Waals surface area contributed by atoms with Crippen LogP contribution in [0.1, 0.15) is 62.8 Å². The predicted octanol–water partition coefficient (Wildman–Crippen LogP) is 4.14. The number of carbonyl (C=O) groups excluding carboxylic acids is 1. The van der Waals surface area contributed by atoms with Crippen molar-refractivity contribution in [2.45, 2.75) is 69.1 Å². The number of rotatable bonds is 4. The number of carbonyl (C=O) groups is 1. The fourth-order valence-corrected chi connectivity index (χ4v) is 6.03. The lowest BCUT2D eigenvalue weighted by Gasteiger charge is -2.40. The average Bonchev–Trinajstić information content (AvgIpc) is 3.17. The van der Waals surface area contributed by atoms with E-state index in [0.717, 1.165) is 12.8 Å². The van der Waals surface area contributed by atoms with Gasteiger partial charge in [0, 0.05) is 5.92 Å². The number of phenols is 1. The Morgan fingerprint density at radius 2 is 1.92 bits per heavy atom. The summed E-state index contributed by atoms with van der Waals surface area (Å²) in [6, 6.07) is 6.79. The van der Waals surface area contributed by atoms with Crippen LogP contribution in [0.4, 0.5) is 8.78 Å². The normalized spacial score (nSPS) is 42.8. The highest BCUT2D eigenvalue weighted by Crippen LogP contribution is 2.66. The molecule has 0 heterocycles. The molecule has 25 heavy (non-hydrogen) atoms. The van der Waals surface area contributed by atoms with Crippen LogP contribution in [0, 0.1) is 10.8 Å². The average molecular weight is 349 g/mol. The Hall–Kier alpha value is -1.65. The Kier molecular flexibility index (Phi) is 3.64. The second-order valence-corrected chi connectivity index (χ2v) is 8.67. The number of amides is 1. The van der Waals surface area contributed by atoms with Gasteiger partial charge < -0.3 is 10.8 Å². The number of hydrogen-bond donors (Lipinski definition) is 2. The first kappa shape index (κ1) is 16.8. The third kappa shape index (κ3) is 2.54. The van der Waals surface area contributed by atoms with E-state index in [4.69, 9.17) is 5.73 Å². The SMILES string of the molecule is NC(=O)C1(CC23CCC(F)(CC2)C3)CC(F)CC1c1ccccc1O. The van der Waals surface area contributed by atoms with E-state index in [-0.39, 0.29) is 24.0 Å². The van der Waals surface area contributed by atoms with Crippen molar-refractivity contribution in [1.82, 2.24) is 0 Å². The maximum atomic E-state index is 14.7. The summed E-state index contributed by atoms with van der Waals surface area (Å²) in [7, 11) is 0. The van der Waals surface area contributed by atoms with E-state index in [2.05, 4.69) is 0 Å². The summed E-state index contributed by atoms with van der Waals surface area (Å²) >= 11 is 0. The number of aromatic hydroxyl groups is 1. The molecule has 3 aliphatic rings. The Balaban J connectivity index is 1.74. The lowest BCUT2D eigenvalue weighted by atomic mass is 9.63. The molecule has 0 aliphatic heterocycles. The molecule has 0 aromatic heterocycles. The fourth-order valence-electron chi connectivity index (χ4n) is 6.03. The van der Waals surface area contributed by atoms with Crippen LogP contribution in [-0.2, 0) is 4.79 Å². The molecule has 4 rings (SSSR count). The van der Waals surface area contributed by atoms with Gasteiger partial charge in [-0.15, -0.1) is 0 Å². The highest BCUT2D eigenvalue weighted by molar-refractivity contribution is 5.83. The molecule has 3 saturated carbocycles. The highest BCUT2D eigenvalue weighted by Gasteiger charge is 2.62. The van der Waals surface area contributed by atoms with Crippen molar-refractivity contribution in [3.63, 3.8) is 0 Å². The largest absolute Gasteiger partial charge is 0.508 e. The van der Waals surface area contributed by atoms with Crippen molar-refractivity contribution < 1.29 is 18.7 Å². The van der Waals surface area contributed by atoms with Crippen LogP contribution in [0.25, 0.3) is 0 Å². The smallest absolute Gasteiger partial charge is 0.224 e. The Morgan fingerprint density at radius 1 is 1.24 bits per heavy atom. The number of nitrogens with two attached hydrogens (primary N) is 1. The third-order valence-electron chi connectivity index (χ3n) is 7.14. The molecule has 3 unspecified atom stereocenters. The molecule has 1 aromatic rings. The van der Waals surface area contributed by atoms with E-state index < -0.39 is 29.1 Å². The van der Waals surface area contributed by atoms with Gasteiger partial charge in [0.2, 0.25) is 5.91 Å². The number of primary amides is 1. The first-order valence-corrected chi connectivity index (χ1v) is 9.19. The Bertz CT molecular complexity index is 699. The van der Waals surface area contributed by atoms with Gasteiger partial charge in [-0.3, -0.25) is 4.79 Å². The number of benzene rings is 1. The minimum absolute atomic E-state index is 0.0717. The quantitative estimate of drug-likeness (QED) is 0.858. The second kappa shape index (κ2) is 5.42. The van der Waals surface area contributed by atoms with Crippen molar-refractivity contribution in [1.29, 1.82) is 0 Å². The molecule has 3 N–H and O–H groups in total. The van der Waals surface area contributed by atoms with Crippen molar-refractivity contribution >= 4 is 5.91 Å². The van der Waals surface area contributed by atoms with Gasteiger partial charge in [-0.2, -0.15) is 0 Å². The topological polar surface area (TPSA) is 63.3 Å². The standard InChI is InChI=1S/C20H25F2NO2/c21-13-9-15(14-3-1-2-4-16(14)24)20(10-13,17(23)25)12-18-5-7-19(22,11-18)8-6-18/h1-4,13,15,24H,5-12H2,(H2,23,25). The van der Waals surface area contributed by atoms with Gasteiger partial charge in [0.25, 0.3) is 0 Å². The molecule has 136 valence electrons. The molecule has 0 spiro atoms. The van der Waals surface area contributed by atoms with Gasteiger partial charge in [0.05, 0.1) is 5.41 Å². The summed E-state index contributed by atoms with van der Waals surface area (Å²) in [5.41, 5.74) is 4.00. The van der Waals surface area contributed by atoms with Gasteiger partial charge in [-0.05, 0) is 68.4 Å². The maximum absolute atomic E-state index is 14.7. The Morgan fingerprint density at radius 3 is 2.48 bits per heavy atom. The van der Waals surface area contributed by atoms with Crippen LogP contribution in [0.15, 0.2) is 24.3 Å². The summed E-state index contributed by atoms with van der Waals surface area (Å²) in [5, 5.41) is 10.3. The zero-order valence-corrected chi connectivity index (χ0v) is 14.3. The fraction of sp³-hybridized carbons (Fsp3) is 0.650. The minimum Gasteiger partial charge on any atom is -0.508 e. The number of alkyl halides is 2. The molecule has 3 atom stereocenters. The number of hydrogen-bond acceptors (Lipinski definition) is 2. The molecule has 3 fully saturated rings. The number of para-hydroxylation sites is 1. The van der Waals surface area contributed by atoms with Gasteiger partial charge in [0.15, 0.2) is 0 Å². The molecule has 0 saturated heterocycles. The second-order valence-electron chi connectivity index (χ2n) is 8.67. The van der Waals surface area contributed by atoms with Crippen molar-refractivity contribution in [3.8, 4) is 5.75 Å².